The van der Waals surface area contributed by atoms with E-state index in [-0.39, 0.29) is 0 Å². The summed E-state index contributed by atoms with van der Waals surface area (Å²) in [6, 6.07) is 3.24. The Morgan fingerprint density at radius 2 is 2.00 bits per heavy atom. The molecular formula is C15H23BrN4. The molecule has 0 radical (unpaired) electrons. The zero-order valence-corrected chi connectivity index (χ0v) is 13.6. The number of aromatic nitrogens is 1. The Labute approximate surface area is 129 Å². The largest absolute Gasteiger partial charge is 0.355 e. The van der Waals surface area contributed by atoms with Crippen LogP contribution in [0.15, 0.2) is 16.7 Å². The first kappa shape index (κ1) is 14.3. The monoisotopic (exact) mass is 338 g/mol. The second-order valence-electron chi connectivity index (χ2n) is 6.06. The van der Waals surface area contributed by atoms with E-state index in [4.69, 9.17) is 5.73 Å². The van der Waals surface area contributed by atoms with Crippen molar-refractivity contribution in [1.29, 1.82) is 0 Å². The molecule has 3 heterocycles. The van der Waals surface area contributed by atoms with E-state index in [0.29, 0.717) is 12.1 Å². The molecule has 1 aromatic rings. The van der Waals surface area contributed by atoms with Gasteiger partial charge in [-0.05, 0) is 66.8 Å². The minimum absolute atomic E-state index is 0.416. The summed E-state index contributed by atoms with van der Waals surface area (Å²) in [5.74, 6) is 1.14. The molecule has 2 aliphatic rings. The number of hydrogen-bond acceptors (Lipinski definition) is 4. The van der Waals surface area contributed by atoms with Crippen LogP contribution in [0.4, 0.5) is 5.82 Å². The molecule has 2 aliphatic heterocycles. The molecular weight excluding hydrogens is 316 g/mol. The van der Waals surface area contributed by atoms with Crippen molar-refractivity contribution in [2.45, 2.75) is 38.3 Å². The number of rotatable bonds is 2. The van der Waals surface area contributed by atoms with Crippen LogP contribution in [0.3, 0.4) is 0 Å². The van der Waals surface area contributed by atoms with E-state index >= 15 is 0 Å². The average molecular weight is 339 g/mol. The molecule has 110 valence electrons. The maximum absolute atomic E-state index is 6.00. The molecule has 2 saturated heterocycles. The van der Waals surface area contributed by atoms with Crippen molar-refractivity contribution in [1.82, 2.24) is 9.88 Å². The number of pyridine rings is 1. The number of hydrogen-bond donors (Lipinski definition) is 1. The van der Waals surface area contributed by atoms with Crippen LogP contribution in [0.2, 0.25) is 0 Å². The Balaban J connectivity index is 1.64. The Bertz CT molecular complexity index is 471. The molecule has 2 fully saturated rings. The smallest absolute Gasteiger partial charge is 0.131 e. The van der Waals surface area contributed by atoms with Gasteiger partial charge in [0.2, 0.25) is 0 Å². The number of nitrogens with two attached hydrogens (primary N) is 1. The van der Waals surface area contributed by atoms with Crippen LogP contribution in [0.1, 0.15) is 24.8 Å². The highest BCUT2D eigenvalue weighted by atomic mass is 79.9. The quantitative estimate of drug-likeness (QED) is 0.897. The first-order valence-electron chi connectivity index (χ1n) is 7.50. The molecule has 0 saturated carbocycles. The number of aryl methyl sites for hydroxylation is 1. The number of piperidine rings is 1. The lowest BCUT2D eigenvalue weighted by molar-refractivity contribution is 0.163. The van der Waals surface area contributed by atoms with Crippen molar-refractivity contribution >= 4 is 21.7 Å². The standard InChI is InChI=1S/C15H23BrN4/c1-11-8-12(16)9-18-15(11)20-7-4-14(10-20)19-5-2-13(17)3-6-19/h8-9,13-14H,2-7,10,17H2,1H3. The van der Waals surface area contributed by atoms with Crippen molar-refractivity contribution in [3.8, 4) is 0 Å². The number of anilines is 1. The van der Waals surface area contributed by atoms with Gasteiger partial charge in [0.15, 0.2) is 0 Å². The van der Waals surface area contributed by atoms with E-state index in [0.717, 1.165) is 49.3 Å². The molecule has 1 atom stereocenters. The third-order valence-corrected chi connectivity index (χ3v) is 5.00. The van der Waals surface area contributed by atoms with E-state index in [9.17, 15) is 0 Å². The van der Waals surface area contributed by atoms with Gasteiger partial charge in [-0.2, -0.15) is 0 Å². The van der Waals surface area contributed by atoms with E-state index < -0.39 is 0 Å². The van der Waals surface area contributed by atoms with Gasteiger partial charge in [0.1, 0.15) is 5.82 Å². The van der Waals surface area contributed by atoms with Gasteiger partial charge in [0.25, 0.3) is 0 Å². The Kier molecular flexibility index (Phi) is 4.29. The van der Waals surface area contributed by atoms with Crippen molar-refractivity contribution in [3.05, 3.63) is 22.3 Å². The SMILES string of the molecule is Cc1cc(Br)cnc1N1CCC(N2CCC(N)CC2)C1. The van der Waals surface area contributed by atoms with Crippen molar-refractivity contribution < 1.29 is 0 Å². The summed E-state index contributed by atoms with van der Waals surface area (Å²) in [6.45, 7) is 6.67. The molecule has 0 bridgehead atoms. The molecule has 20 heavy (non-hydrogen) atoms. The third kappa shape index (κ3) is 3.00. The number of nitrogens with zero attached hydrogens (tertiary/aromatic N) is 3. The first-order chi connectivity index (χ1) is 9.63. The lowest BCUT2D eigenvalue weighted by Crippen LogP contribution is -2.46. The van der Waals surface area contributed by atoms with Gasteiger partial charge in [-0.25, -0.2) is 4.98 Å². The molecule has 2 N–H and O–H groups in total. The summed E-state index contributed by atoms with van der Waals surface area (Å²) in [7, 11) is 0. The molecule has 1 unspecified atom stereocenters. The molecule has 5 heteroatoms. The van der Waals surface area contributed by atoms with Gasteiger partial charge in [0, 0.05) is 35.8 Å². The molecule has 3 rings (SSSR count). The van der Waals surface area contributed by atoms with E-state index in [2.05, 4.69) is 43.7 Å². The van der Waals surface area contributed by atoms with Crippen molar-refractivity contribution in [3.63, 3.8) is 0 Å². The highest BCUT2D eigenvalue weighted by Gasteiger charge is 2.30. The van der Waals surface area contributed by atoms with Crippen molar-refractivity contribution in [2.75, 3.05) is 31.1 Å². The Morgan fingerprint density at radius 3 is 2.70 bits per heavy atom. The highest BCUT2D eigenvalue weighted by molar-refractivity contribution is 9.10. The number of halogens is 1. The number of likely N-dealkylation sites (tertiary alicyclic amines) is 1. The maximum atomic E-state index is 6.00. The van der Waals surface area contributed by atoms with Gasteiger partial charge >= 0.3 is 0 Å². The van der Waals surface area contributed by atoms with Crippen LogP contribution in [-0.2, 0) is 0 Å². The predicted octanol–water partition coefficient (Wildman–Crippen LogP) is 2.15. The van der Waals surface area contributed by atoms with Crippen LogP contribution >= 0.6 is 15.9 Å². The van der Waals surface area contributed by atoms with Crippen LogP contribution in [0, 0.1) is 6.92 Å². The topological polar surface area (TPSA) is 45.4 Å². The summed E-state index contributed by atoms with van der Waals surface area (Å²) in [5, 5.41) is 0. The molecule has 0 aromatic carbocycles. The summed E-state index contributed by atoms with van der Waals surface area (Å²) >= 11 is 3.48. The molecule has 1 aromatic heterocycles. The van der Waals surface area contributed by atoms with Crippen LogP contribution in [0.5, 0.6) is 0 Å². The van der Waals surface area contributed by atoms with Crippen molar-refractivity contribution in [2.24, 2.45) is 5.73 Å². The van der Waals surface area contributed by atoms with E-state index in [1.165, 1.54) is 12.0 Å². The van der Waals surface area contributed by atoms with E-state index in [1.807, 2.05) is 6.20 Å². The lowest BCUT2D eigenvalue weighted by Gasteiger charge is -2.34. The first-order valence-corrected chi connectivity index (χ1v) is 8.29. The minimum Gasteiger partial charge on any atom is -0.355 e. The molecule has 0 spiro atoms. The Morgan fingerprint density at radius 1 is 1.25 bits per heavy atom. The second kappa shape index (κ2) is 6.00. The third-order valence-electron chi connectivity index (χ3n) is 4.57. The average Bonchev–Trinajstić information content (AvgIpc) is 2.89. The van der Waals surface area contributed by atoms with Crippen LogP contribution in [0.25, 0.3) is 0 Å². The predicted molar refractivity (Wildman–Crippen MR) is 86.1 cm³/mol. The fourth-order valence-electron chi connectivity index (χ4n) is 3.38. The van der Waals surface area contributed by atoms with Gasteiger partial charge in [-0.3, -0.25) is 4.90 Å². The molecule has 4 nitrogen and oxygen atoms in total. The van der Waals surface area contributed by atoms with Gasteiger partial charge in [-0.15, -0.1) is 0 Å². The lowest BCUT2D eigenvalue weighted by atomic mass is 10.0. The van der Waals surface area contributed by atoms with Gasteiger partial charge < -0.3 is 10.6 Å². The second-order valence-corrected chi connectivity index (χ2v) is 6.97. The molecule has 0 amide bonds. The zero-order valence-electron chi connectivity index (χ0n) is 12.1. The summed E-state index contributed by atoms with van der Waals surface area (Å²) in [6.07, 6.45) is 5.43. The Hall–Kier alpha value is -0.650. The van der Waals surface area contributed by atoms with Gasteiger partial charge in [-0.1, -0.05) is 0 Å². The maximum Gasteiger partial charge on any atom is 0.131 e. The summed E-state index contributed by atoms with van der Waals surface area (Å²) < 4.78 is 1.06. The van der Waals surface area contributed by atoms with Crippen LogP contribution in [-0.4, -0.2) is 48.1 Å². The highest BCUT2D eigenvalue weighted by Crippen LogP contribution is 2.27. The fourth-order valence-corrected chi connectivity index (χ4v) is 3.83. The zero-order chi connectivity index (χ0) is 14.1. The van der Waals surface area contributed by atoms with Crippen LogP contribution < -0.4 is 10.6 Å². The minimum atomic E-state index is 0.416. The van der Waals surface area contributed by atoms with E-state index in [1.54, 1.807) is 0 Å². The summed E-state index contributed by atoms with van der Waals surface area (Å²) in [4.78, 5) is 9.65. The summed E-state index contributed by atoms with van der Waals surface area (Å²) in [5.41, 5.74) is 7.25. The normalized spacial score (nSPS) is 25.4. The van der Waals surface area contributed by atoms with Gasteiger partial charge in [0.05, 0.1) is 0 Å². The fraction of sp³-hybridized carbons (Fsp3) is 0.667. The molecule has 0 aliphatic carbocycles.